The molecule has 2 saturated heterocycles. The first kappa shape index (κ1) is 20.7. The number of nitrogens with zero attached hydrogens (tertiary/aromatic N) is 7. The number of piperidine rings is 1. The van der Waals surface area contributed by atoms with Crippen molar-refractivity contribution in [2.75, 3.05) is 31.1 Å². The van der Waals surface area contributed by atoms with Gasteiger partial charge in [0, 0.05) is 69.7 Å². The summed E-state index contributed by atoms with van der Waals surface area (Å²) >= 11 is 0. The number of aromatic nitrogens is 5. The zero-order valence-corrected chi connectivity index (χ0v) is 18.5. The van der Waals surface area contributed by atoms with E-state index in [0.717, 1.165) is 61.9 Å². The molecule has 9 heteroatoms. The van der Waals surface area contributed by atoms with E-state index in [4.69, 9.17) is 9.51 Å². The molecule has 0 unspecified atom stereocenters. The topological polar surface area (TPSA) is 93.2 Å². The van der Waals surface area contributed by atoms with Gasteiger partial charge in [-0.15, -0.1) is 0 Å². The molecule has 2 fully saturated rings. The second-order valence-corrected chi connectivity index (χ2v) is 8.70. The molecule has 0 bridgehead atoms. The minimum atomic E-state index is 0.198. The van der Waals surface area contributed by atoms with E-state index in [9.17, 15) is 4.79 Å². The normalized spacial score (nSPS) is 17.3. The van der Waals surface area contributed by atoms with Crippen molar-refractivity contribution in [1.29, 1.82) is 0 Å². The predicted molar refractivity (Wildman–Crippen MR) is 119 cm³/mol. The minimum absolute atomic E-state index is 0.198. The minimum Gasteiger partial charge on any atom is -0.356 e. The maximum absolute atomic E-state index is 12.7. The Morgan fingerprint density at radius 2 is 2.00 bits per heavy atom. The zero-order valence-electron chi connectivity index (χ0n) is 18.5. The van der Waals surface area contributed by atoms with Crippen LogP contribution in [0, 0.1) is 6.92 Å². The van der Waals surface area contributed by atoms with Crippen LogP contribution >= 0.6 is 0 Å². The standard InChI is InChI=1S/C23H29N7O2/c1-17-14-20(32-27-17)19-15-25-23(30-8-2-3-9-30)26-22(19)18-4-11-29(12-5-18)21(31)6-10-28-13-7-24-16-28/h7,13-16,18H,2-6,8-12H2,1H3. The number of aryl methyl sites for hydroxylation is 2. The summed E-state index contributed by atoms with van der Waals surface area (Å²) in [5, 5.41) is 4.06. The second-order valence-electron chi connectivity index (χ2n) is 8.70. The third-order valence-corrected chi connectivity index (χ3v) is 6.47. The van der Waals surface area contributed by atoms with Crippen molar-refractivity contribution in [3.8, 4) is 11.3 Å². The fourth-order valence-electron chi connectivity index (χ4n) is 4.65. The largest absolute Gasteiger partial charge is 0.356 e. The Bertz CT molecular complexity index is 1050. The van der Waals surface area contributed by atoms with Crippen LogP contribution in [0.4, 0.5) is 5.95 Å². The van der Waals surface area contributed by atoms with Crippen molar-refractivity contribution in [3.05, 3.63) is 42.4 Å². The lowest BCUT2D eigenvalue weighted by atomic mass is 9.90. The van der Waals surface area contributed by atoms with E-state index in [1.165, 1.54) is 12.8 Å². The molecule has 9 nitrogen and oxygen atoms in total. The van der Waals surface area contributed by atoms with Crippen LogP contribution in [-0.4, -0.2) is 61.7 Å². The van der Waals surface area contributed by atoms with Crippen molar-refractivity contribution >= 4 is 11.9 Å². The molecule has 5 rings (SSSR count). The first-order valence-electron chi connectivity index (χ1n) is 11.5. The average molecular weight is 436 g/mol. The quantitative estimate of drug-likeness (QED) is 0.587. The fraction of sp³-hybridized carbons (Fsp3) is 0.522. The molecule has 3 aromatic heterocycles. The highest BCUT2D eigenvalue weighted by atomic mass is 16.5. The van der Waals surface area contributed by atoms with Gasteiger partial charge >= 0.3 is 0 Å². The highest BCUT2D eigenvalue weighted by molar-refractivity contribution is 5.76. The Hall–Kier alpha value is -3.23. The Balaban J connectivity index is 1.31. The van der Waals surface area contributed by atoms with Gasteiger partial charge in [-0.1, -0.05) is 5.16 Å². The molecule has 0 atom stereocenters. The van der Waals surface area contributed by atoms with E-state index < -0.39 is 0 Å². The third-order valence-electron chi connectivity index (χ3n) is 6.47. The number of likely N-dealkylation sites (tertiary alicyclic amines) is 1. The molecule has 1 amide bonds. The van der Waals surface area contributed by atoms with Crippen molar-refractivity contribution in [1.82, 2.24) is 29.6 Å². The Kier molecular flexibility index (Phi) is 5.87. The molecule has 168 valence electrons. The number of hydrogen-bond acceptors (Lipinski definition) is 7. The molecular formula is C23H29N7O2. The summed E-state index contributed by atoms with van der Waals surface area (Å²) in [5.41, 5.74) is 2.77. The van der Waals surface area contributed by atoms with Gasteiger partial charge in [-0.2, -0.15) is 0 Å². The number of carbonyl (C=O) groups is 1. The number of imidazole rings is 1. The molecular weight excluding hydrogens is 406 g/mol. The van der Waals surface area contributed by atoms with Crippen LogP contribution < -0.4 is 4.90 Å². The van der Waals surface area contributed by atoms with Crippen molar-refractivity contribution < 1.29 is 9.32 Å². The summed E-state index contributed by atoms with van der Waals surface area (Å²) in [6.45, 7) is 6.07. The van der Waals surface area contributed by atoms with Crippen LogP contribution in [0.3, 0.4) is 0 Å². The molecule has 3 aromatic rings. The van der Waals surface area contributed by atoms with Crippen LogP contribution in [0.15, 0.2) is 35.5 Å². The molecule has 2 aliphatic heterocycles. The molecule has 0 aliphatic carbocycles. The first-order valence-corrected chi connectivity index (χ1v) is 11.5. The summed E-state index contributed by atoms with van der Waals surface area (Å²) in [5.74, 6) is 1.97. The summed E-state index contributed by atoms with van der Waals surface area (Å²) in [6, 6.07) is 1.94. The summed E-state index contributed by atoms with van der Waals surface area (Å²) in [4.78, 5) is 30.6. The average Bonchev–Trinajstić information content (AvgIpc) is 3.60. The van der Waals surface area contributed by atoms with Crippen LogP contribution in [0.5, 0.6) is 0 Å². The SMILES string of the molecule is Cc1cc(-c2cnc(N3CCCC3)nc2C2CCN(C(=O)CCn3ccnc3)CC2)on1. The highest BCUT2D eigenvalue weighted by Gasteiger charge is 2.29. The molecule has 0 saturated carbocycles. The molecule has 0 aromatic carbocycles. The van der Waals surface area contributed by atoms with Gasteiger partial charge in [0.05, 0.1) is 23.3 Å². The molecule has 32 heavy (non-hydrogen) atoms. The van der Waals surface area contributed by atoms with E-state index in [-0.39, 0.29) is 11.8 Å². The van der Waals surface area contributed by atoms with Gasteiger partial charge < -0.3 is 18.9 Å². The van der Waals surface area contributed by atoms with E-state index in [2.05, 4.69) is 20.0 Å². The van der Waals surface area contributed by atoms with Gasteiger partial charge in [-0.25, -0.2) is 15.0 Å². The Labute approximate surface area is 187 Å². The molecule has 0 spiro atoms. The summed E-state index contributed by atoms with van der Waals surface area (Å²) in [7, 11) is 0. The number of rotatable bonds is 6. The number of anilines is 1. The zero-order chi connectivity index (χ0) is 21.9. The molecule has 5 heterocycles. The van der Waals surface area contributed by atoms with Crippen LogP contribution in [0.1, 0.15) is 49.4 Å². The predicted octanol–water partition coefficient (Wildman–Crippen LogP) is 3.03. The number of hydrogen-bond donors (Lipinski definition) is 0. The van der Waals surface area contributed by atoms with Crippen LogP contribution in [0.2, 0.25) is 0 Å². The van der Waals surface area contributed by atoms with Gasteiger partial charge in [0.25, 0.3) is 0 Å². The Morgan fingerprint density at radius 3 is 2.69 bits per heavy atom. The molecule has 2 aliphatic rings. The fourth-order valence-corrected chi connectivity index (χ4v) is 4.65. The van der Waals surface area contributed by atoms with Gasteiger partial charge in [0.1, 0.15) is 0 Å². The number of carbonyl (C=O) groups excluding carboxylic acids is 1. The smallest absolute Gasteiger partial charge is 0.225 e. The van der Waals surface area contributed by atoms with E-state index in [0.29, 0.717) is 18.7 Å². The summed E-state index contributed by atoms with van der Waals surface area (Å²) in [6.07, 6.45) is 11.9. The van der Waals surface area contributed by atoms with Crippen LogP contribution in [-0.2, 0) is 11.3 Å². The summed E-state index contributed by atoms with van der Waals surface area (Å²) < 4.78 is 7.50. The van der Waals surface area contributed by atoms with Crippen molar-refractivity contribution in [3.63, 3.8) is 0 Å². The molecule has 0 radical (unpaired) electrons. The second kappa shape index (κ2) is 9.10. The highest BCUT2D eigenvalue weighted by Crippen LogP contribution is 2.35. The lowest BCUT2D eigenvalue weighted by molar-refractivity contribution is -0.132. The van der Waals surface area contributed by atoms with Gasteiger partial charge in [0.2, 0.25) is 11.9 Å². The van der Waals surface area contributed by atoms with E-state index in [1.54, 1.807) is 12.5 Å². The third kappa shape index (κ3) is 4.37. The van der Waals surface area contributed by atoms with Gasteiger partial charge in [-0.05, 0) is 32.6 Å². The van der Waals surface area contributed by atoms with Crippen LogP contribution in [0.25, 0.3) is 11.3 Å². The Morgan fingerprint density at radius 1 is 1.19 bits per heavy atom. The van der Waals surface area contributed by atoms with Gasteiger partial charge in [-0.3, -0.25) is 4.79 Å². The number of amides is 1. The maximum Gasteiger partial charge on any atom is 0.225 e. The molecule has 0 N–H and O–H groups in total. The first-order chi connectivity index (χ1) is 15.7. The van der Waals surface area contributed by atoms with Crippen molar-refractivity contribution in [2.24, 2.45) is 0 Å². The van der Waals surface area contributed by atoms with E-state index >= 15 is 0 Å². The van der Waals surface area contributed by atoms with E-state index in [1.807, 2.05) is 34.9 Å². The monoisotopic (exact) mass is 435 g/mol. The van der Waals surface area contributed by atoms with Crippen molar-refractivity contribution in [2.45, 2.75) is 51.5 Å². The lowest BCUT2D eigenvalue weighted by Crippen LogP contribution is -2.38. The maximum atomic E-state index is 12.7. The lowest BCUT2D eigenvalue weighted by Gasteiger charge is -2.32. The van der Waals surface area contributed by atoms with Gasteiger partial charge in [0.15, 0.2) is 5.76 Å².